The van der Waals surface area contributed by atoms with E-state index in [0.29, 0.717) is 5.56 Å². The third kappa shape index (κ3) is 2.52. The number of carboxylic acids is 1. The lowest BCUT2D eigenvalue weighted by Gasteiger charge is -2.26. The first-order valence-electron chi connectivity index (χ1n) is 6.02. The highest BCUT2D eigenvalue weighted by Gasteiger charge is 2.40. The van der Waals surface area contributed by atoms with Crippen molar-refractivity contribution in [2.75, 3.05) is 0 Å². The van der Waals surface area contributed by atoms with Crippen LogP contribution >= 0.6 is 0 Å². The molecule has 0 radical (unpaired) electrons. The number of nitrogens with zero attached hydrogens (tertiary/aromatic N) is 1. The molecule has 0 saturated carbocycles. The molecule has 0 aliphatic rings. The Balaban J connectivity index is 2.53. The van der Waals surface area contributed by atoms with Crippen LogP contribution in [0.25, 0.3) is 0 Å². The highest BCUT2D eigenvalue weighted by Crippen LogP contribution is 2.32. The zero-order valence-corrected chi connectivity index (χ0v) is 10.8. The predicted octanol–water partition coefficient (Wildman–Crippen LogP) is 2.94. The maximum Gasteiger partial charge on any atom is 0.314 e. The first-order chi connectivity index (χ1) is 9.45. The molecule has 0 amide bonds. The second kappa shape index (κ2) is 5.36. The van der Waals surface area contributed by atoms with Crippen molar-refractivity contribution < 1.29 is 18.7 Å². The maximum atomic E-state index is 13.9. The summed E-state index contributed by atoms with van der Waals surface area (Å²) >= 11 is 0. The first-order valence-corrected chi connectivity index (χ1v) is 6.02. The lowest BCUT2D eigenvalue weighted by molar-refractivity contribution is -0.143. The number of hydrogen-bond donors (Lipinski definition) is 1. The number of hydrogen-bond acceptors (Lipinski definition) is 2. The Bertz CT molecular complexity index is 611. The first kappa shape index (κ1) is 14.1. The molecule has 0 aliphatic heterocycles. The molecule has 1 N–H and O–H groups in total. The zero-order valence-electron chi connectivity index (χ0n) is 10.8. The van der Waals surface area contributed by atoms with E-state index < -0.39 is 28.6 Å². The van der Waals surface area contributed by atoms with Crippen LogP contribution in [-0.2, 0) is 16.6 Å². The van der Waals surface area contributed by atoms with Crippen LogP contribution in [0.2, 0.25) is 0 Å². The van der Waals surface area contributed by atoms with Gasteiger partial charge in [0.05, 0.1) is 5.41 Å². The van der Waals surface area contributed by atoms with Crippen molar-refractivity contribution in [1.82, 2.24) is 4.98 Å². The Morgan fingerprint density at radius 1 is 1.25 bits per heavy atom. The molecule has 3 nitrogen and oxygen atoms in total. The minimum absolute atomic E-state index is 0.0476. The Labute approximate surface area is 114 Å². The van der Waals surface area contributed by atoms with Crippen molar-refractivity contribution in [3.63, 3.8) is 0 Å². The zero-order chi connectivity index (χ0) is 14.8. The normalized spacial score (nSPS) is 13.8. The minimum atomic E-state index is -1.70. The summed E-state index contributed by atoms with van der Waals surface area (Å²) in [6, 6.07) is 6.65. The second-order valence-electron chi connectivity index (χ2n) is 4.77. The highest BCUT2D eigenvalue weighted by molar-refractivity contribution is 5.81. The van der Waals surface area contributed by atoms with Crippen LogP contribution in [0.5, 0.6) is 0 Å². The van der Waals surface area contributed by atoms with Gasteiger partial charge in [-0.1, -0.05) is 12.1 Å². The van der Waals surface area contributed by atoms with E-state index in [-0.39, 0.29) is 6.42 Å². The van der Waals surface area contributed by atoms with Crippen LogP contribution < -0.4 is 0 Å². The number of aromatic nitrogens is 1. The molecule has 0 fully saturated rings. The fourth-order valence-corrected chi connectivity index (χ4v) is 2.21. The fourth-order valence-electron chi connectivity index (χ4n) is 2.21. The third-order valence-electron chi connectivity index (χ3n) is 3.27. The summed E-state index contributed by atoms with van der Waals surface area (Å²) in [5.74, 6) is -3.01. The highest BCUT2D eigenvalue weighted by atomic mass is 19.1. The van der Waals surface area contributed by atoms with Crippen molar-refractivity contribution in [3.8, 4) is 0 Å². The molecule has 2 rings (SSSR count). The van der Waals surface area contributed by atoms with Crippen molar-refractivity contribution in [1.29, 1.82) is 0 Å². The quantitative estimate of drug-likeness (QED) is 0.934. The van der Waals surface area contributed by atoms with Gasteiger partial charge in [0.2, 0.25) is 0 Å². The number of aliphatic carboxylic acids is 1. The molecule has 1 unspecified atom stereocenters. The Kier molecular flexibility index (Phi) is 3.79. The molecule has 1 aromatic carbocycles. The number of halogens is 2. The van der Waals surface area contributed by atoms with E-state index in [4.69, 9.17) is 0 Å². The third-order valence-corrected chi connectivity index (χ3v) is 3.27. The van der Waals surface area contributed by atoms with Gasteiger partial charge < -0.3 is 5.11 Å². The summed E-state index contributed by atoms with van der Waals surface area (Å²) < 4.78 is 27.8. The van der Waals surface area contributed by atoms with Gasteiger partial charge in [-0.3, -0.25) is 9.78 Å². The maximum absolute atomic E-state index is 13.9. The predicted molar refractivity (Wildman–Crippen MR) is 69.3 cm³/mol. The average molecular weight is 277 g/mol. The monoisotopic (exact) mass is 277 g/mol. The van der Waals surface area contributed by atoms with E-state index in [0.717, 1.165) is 12.1 Å². The van der Waals surface area contributed by atoms with Gasteiger partial charge in [0.1, 0.15) is 11.6 Å². The molecule has 2 aromatic rings. The molecule has 1 atom stereocenters. The molecular formula is C15H13F2NO2. The second-order valence-corrected chi connectivity index (χ2v) is 4.77. The number of pyridine rings is 1. The SMILES string of the molecule is CC(Cc1cccnc1)(C(=O)O)c1c(F)cccc1F. The van der Waals surface area contributed by atoms with Crippen molar-refractivity contribution in [2.45, 2.75) is 18.8 Å². The Hall–Kier alpha value is -2.30. The summed E-state index contributed by atoms with van der Waals surface area (Å²) in [7, 11) is 0. The van der Waals surface area contributed by atoms with Crippen LogP contribution in [0.1, 0.15) is 18.1 Å². The molecule has 104 valence electrons. The van der Waals surface area contributed by atoms with Crippen LogP contribution in [0.3, 0.4) is 0 Å². The lowest BCUT2D eigenvalue weighted by Crippen LogP contribution is -2.36. The Morgan fingerprint density at radius 2 is 1.90 bits per heavy atom. The van der Waals surface area contributed by atoms with Gasteiger partial charge in [-0.25, -0.2) is 8.78 Å². The van der Waals surface area contributed by atoms with E-state index in [1.54, 1.807) is 18.3 Å². The summed E-state index contributed by atoms with van der Waals surface area (Å²) in [4.78, 5) is 15.5. The molecule has 0 aliphatic carbocycles. The largest absolute Gasteiger partial charge is 0.481 e. The number of rotatable bonds is 4. The van der Waals surface area contributed by atoms with Gasteiger partial charge in [-0.15, -0.1) is 0 Å². The summed E-state index contributed by atoms with van der Waals surface area (Å²) in [6.07, 6.45) is 2.99. The van der Waals surface area contributed by atoms with Crippen molar-refractivity contribution in [3.05, 3.63) is 65.5 Å². The summed E-state index contributed by atoms with van der Waals surface area (Å²) in [6.45, 7) is 1.31. The van der Waals surface area contributed by atoms with Crippen LogP contribution in [0.4, 0.5) is 8.78 Å². The number of carboxylic acid groups (broad SMARTS) is 1. The standard InChI is InChI=1S/C15H13F2NO2/c1-15(14(19)20,8-10-4-3-7-18-9-10)13-11(16)5-2-6-12(13)17/h2-7,9H,8H2,1H3,(H,19,20). The van der Waals surface area contributed by atoms with Gasteiger partial charge in [-0.2, -0.15) is 0 Å². The molecule has 1 heterocycles. The number of benzene rings is 1. The molecule has 0 bridgehead atoms. The fraction of sp³-hybridized carbons (Fsp3) is 0.200. The van der Waals surface area contributed by atoms with Gasteiger partial charge in [0.25, 0.3) is 0 Å². The van der Waals surface area contributed by atoms with Gasteiger partial charge in [0, 0.05) is 18.0 Å². The van der Waals surface area contributed by atoms with Crippen LogP contribution in [0, 0.1) is 11.6 Å². The van der Waals surface area contributed by atoms with Crippen molar-refractivity contribution >= 4 is 5.97 Å². The van der Waals surface area contributed by atoms with E-state index in [1.165, 1.54) is 19.2 Å². The van der Waals surface area contributed by atoms with Crippen molar-refractivity contribution in [2.24, 2.45) is 0 Å². The number of carbonyl (C=O) groups is 1. The van der Waals surface area contributed by atoms with Crippen LogP contribution in [-0.4, -0.2) is 16.1 Å². The van der Waals surface area contributed by atoms with E-state index in [1.807, 2.05) is 0 Å². The lowest BCUT2D eigenvalue weighted by atomic mass is 9.77. The molecule has 1 aromatic heterocycles. The average Bonchev–Trinajstić information content (AvgIpc) is 2.39. The molecule has 0 spiro atoms. The molecular weight excluding hydrogens is 264 g/mol. The summed E-state index contributed by atoms with van der Waals surface area (Å²) in [5, 5.41) is 9.44. The van der Waals surface area contributed by atoms with Gasteiger partial charge in [0.15, 0.2) is 0 Å². The van der Waals surface area contributed by atoms with E-state index in [9.17, 15) is 18.7 Å². The molecule has 20 heavy (non-hydrogen) atoms. The molecule has 5 heteroatoms. The molecule has 0 saturated heterocycles. The van der Waals surface area contributed by atoms with E-state index >= 15 is 0 Å². The topological polar surface area (TPSA) is 50.2 Å². The smallest absolute Gasteiger partial charge is 0.314 e. The van der Waals surface area contributed by atoms with Gasteiger partial charge >= 0.3 is 5.97 Å². The minimum Gasteiger partial charge on any atom is -0.481 e. The Morgan fingerprint density at radius 3 is 2.40 bits per heavy atom. The van der Waals surface area contributed by atoms with Gasteiger partial charge in [-0.05, 0) is 37.1 Å². The van der Waals surface area contributed by atoms with E-state index in [2.05, 4.69) is 4.98 Å². The summed E-state index contributed by atoms with van der Waals surface area (Å²) in [5.41, 5.74) is -1.53. The van der Waals surface area contributed by atoms with Crippen LogP contribution in [0.15, 0.2) is 42.7 Å².